The molecule has 4 atom stereocenters. The van der Waals surface area contributed by atoms with Crippen molar-refractivity contribution in [3.8, 4) is 0 Å². The maximum atomic E-state index is 10.9. The third kappa shape index (κ3) is 1.59. The van der Waals surface area contributed by atoms with E-state index in [1.807, 2.05) is 0 Å². The largest absolute Gasteiger partial charge is 0.393 e. The molecule has 0 aromatic carbocycles. The highest BCUT2D eigenvalue weighted by atomic mass is 16.4. The van der Waals surface area contributed by atoms with Gasteiger partial charge in [-0.2, -0.15) is 0 Å². The van der Waals surface area contributed by atoms with Crippen molar-refractivity contribution in [3.05, 3.63) is 0 Å². The summed E-state index contributed by atoms with van der Waals surface area (Å²) in [6, 6.07) is 0. The van der Waals surface area contributed by atoms with Gasteiger partial charge in [-0.25, -0.2) is 0 Å². The number of hydrogen-bond acceptors (Lipinski definition) is 6. The van der Waals surface area contributed by atoms with E-state index in [1.165, 1.54) is 0 Å². The lowest BCUT2D eigenvalue weighted by Gasteiger charge is -2.39. The van der Waals surface area contributed by atoms with E-state index in [1.54, 1.807) is 0 Å². The molecule has 0 aromatic rings. The highest BCUT2D eigenvalue weighted by Gasteiger charge is 2.50. The fourth-order valence-electron chi connectivity index (χ4n) is 1.34. The average Bonchev–Trinajstić information content (AvgIpc) is 2.12. The van der Waals surface area contributed by atoms with Crippen molar-refractivity contribution in [2.75, 3.05) is 6.61 Å². The van der Waals surface area contributed by atoms with Crippen LogP contribution >= 0.6 is 0 Å². The van der Waals surface area contributed by atoms with Crippen molar-refractivity contribution >= 4 is 5.78 Å². The zero-order valence-electron chi connectivity index (χ0n) is 6.79. The van der Waals surface area contributed by atoms with E-state index in [9.17, 15) is 15.0 Å². The van der Waals surface area contributed by atoms with Gasteiger partial charge in [-0.1, -0.05) is 0 Å². The summed E-state index contributed by atoms with van der Waals surface area (Å²) in [5.74, 6) is -0.797. The van der Waals surface area contributed by atoms with Crippen LogP contribution in [0.5, 0.6) is 0 Å². The average molecular weight is 192 g/mol. The molecular formula is C7H12O6. The molecule has 0 saturated heterocycles. The molecule has 0 unspecified atom stereocenters. The molecule has 0 bridgehead atoms. The second-order valence-corrected chi connectivity index (χ2v) is 3.29. The maximum absolute atomic E-state index is 10.9. The van der Waals surface area contributed by atoms with Crippen LogP contribution < -0.4 is 0 Å². The van der Waals surface area contributed by atoms with Crippen LogP contribution in [-0.4, -0.2) is 61.8 Å². The molecule has 1 aliphatic rings. The molecule has 1 saturated carbocycles. The Hall–Kier alpha value is -0.530. The standard InChI is InChI=1S/C7H12O6/c8-2-7(13)1-3(9)4(10)5(11)6(7)12/h4-6,8,10-13H,1-2H2/t4-,5+,6-,7-/m0/s1. The fraction of sp³-hybridized carbons (Fsp3) is 0.857. The highest BCUT2D eigenvalue weighted by Crippen LogP contribution is 2.26. The van der Waals surface area contributed by atoms with Crippen LogP contribution in [-0.2, 0) is 4.79 Å². The van der Waals surface area contributed by atoms with Crippen LogP contribution in [0.1, 0.15) is 6.42 Å². The first-order valence-electron chi connectivity index (χ1n) is 3.82. The van der Waals surface area contributed by atoms with E-state index in [2.05, 4.69) is 0 Å². The van der Waals surface area contributed by atoms with E-state index in [0.717, 1.165) is 0 Å². The van der Waals surface area contributed by atoms with Gasteiger partial charge in [0.25, 0.3) is 0 Å². The zero-order valence-corrected chi connectivity index (χ0v) is 6.79. The van der Waals surface area contributed by atoms with E-state index in [0.29, 0.717) is 0 Å². The number of hydrogen-bond donors (Lipinski definition) is 5. The van der Waals surface area contributed by atoms with Gasteiger partial charge in [0.1, 0.15) is 23.9 Å². The first-order valence-corrected chi connectivity index (χ1v) is 3.82. The van der Waals surface area contributed by atoms with Gasteiger partial charge in [-0.3, -0.25) is 4.79 Å². The summed E-state index contributed by atoms with van der Waals surface area (Å²) < 4.78 is 0. The molecule has 0 spiro atoms. The second kappa shape index (κ2) is 3.32. The van der Waals surface area contributed by atoms with E-state index < -0.39 is 42.7 Å². The Bertz CT molecular complexity index is 217. The Morgan fingerprint density at radius 2 is 1.92 bits per heavy atom. The van der Waals surface area contributed by atoms with Crippen LogP contribution in [0.25, 0.3) is 0 Å². The van der Waals surface area contributed by atoms with Gasteiger partial charge < -0.3 is 25.5 Å². The van der Waals surface area contributed by atoms with Crippen LogP contribution in [0.3, 0.4) is 0 Å². The Morgan fingerprint density at radius 1 is 1.38 bits per heavy atom. The number of carbonyl (C=O) groups excluding carboxylic acids is 1. The van der Waals surface area contributed by atoms with E-state index in [-0.39, 0.29) is 0 Å². The molecule has 5 N–H and O–H groups in total. The summed E-state index contributed by atoms with van der Waals surface area (Å²) in [4.78, 5) is 10.9. The van der Waals surface area contributed by atoms with Crippen molar-refractivity contribution in [2.45, 2.75) is 30.3 Å². The minimum absolute atomic E-state index is 0.567. The summed E-state index contributed by atoms with van der Waals surface area (Å²) in [6.07, 6.45) is -5.73. The molecule has 0 heterocycles. The third-order valence-corrected chi connectivity index (χ3v) is 2.28. The molecule has 76 valence electrons. The summed E-state index contributed by atoms with van der Waals surface area (Å²) in [5, 5.41) is 45.4. The zero-order chi connectivity index (χ0) is 10.2. The van der Waals surface area contributed by atoms with Crippen LogP contribution in [0.15, 0.2) is 0 Å². The number of ketones is 1. The van der Waals surface area contributed by atoms with Gasteiger partial charge in [0.05, 0.1) is 6.61 Å². The van der Waals surface area contributed by atoms with Crippen LogP contribution in [0, 0.1) is 0 Å². The molecule has 6 nitrogen and oxygen atoms in total. The topological polar surface area (TPSA) is 118 Å². The first kappa shape index (κ1) is 10.6. The summed E-state index contributed by atoms with van der Waals surface area (Å²) in [7, 11) is 0. The lowest BCUT2D eigenvalue weighted by atomic mass is 9.78. The molecule has 0 amide bonds. The van der Waals surface area contributed by atoms with Crippen molar-refractivity contribution in [1.29, 1.82) is 0 Å². The number of carbonyl (C=O) groups is 1. The Kier molecular flexibility index (Phi) is 2.69. The molecule has 0 radical (unpaired) electrons. The van der Waals surface area contributed by atoms with Gasteiger partial charge in [0, 0.05) is 6.42 Å². The van der Waals surface area contributed by atoms with Crippen molar-refractivity contribution in [3.63, 3.8) is 0 Å². The smallest absolute Gasteiger partial charge is 0.167 e. The molecule has 1 fully saturated rings. The predicted molar refractivity (Wildman–Crippen MR) is 39.7 cm³/mol. The fourth-order valence-corrected chi connectivity index (χ4v) is 1.34. The van der Waals surface area contributed by atoms with Crippen LogP contribution in [0.2, 0.25) is 0 Å². The van der Waals surface area contributed by atoms with Gasteiger partial charge in [-0.05, 0) is 0 Å². The van der Waals surface area contributed by atoms with Gasteiger partial charge in [0.15, 0.2) is 5.78 Å². The van der Waals surface area contributed by atoms with E-state index in [4.69, 9.17) is 15.3 Å². The quantitative estimate of drug-likeness (QED) is 0.298. The Labute approximate surface area is 74.1 Å². The highest BCUT2D eigenvalue weighted by molar-refractivity contribution is 5.85. The normalized spacial score (nSPS) is 46.5. The predicted octanol–water partition coefficient (Wildman–Crippen LogP) is -3.23. The third-order valence-electron chi connectivity index (χ3n) is 2.28. The Balaban J connectivity index is 2.88. The number of aliphatic hydroxyl groups is 5. The summed E-state index contributed by atoms with van der Waals surface area (Å²) in [6.45, 7) is -0.844. The lowest BCUT2D eigenvalue weighted by Crippen LogP contribution is -2.62. The summed E-state index contributed by atoms with van der Waals surface area (Å²) in [5.41, 5.74) is -2.05. The molecule has 13 heavy (non-hydrogen) atoms. The number of rotatable bonds is 1. The molecule has 1 aliphatic carbocycles. The molecule has 0 aliphatic heterocycles. The van der Waals surface area contributed by atoms with Gasteiger partial charge >= 0.3 is 0 Å². The number of Topliss-reactive ketones (excluding diaryl/α,β-unsaturated/α-hetero) is 1. The first-order chi connectivity index (χ1) is 5.92. The molecule has 1 rings (SSSR count). The van der Waals surface area contributed by atoms with E-state index >= 15 is 0 Å². The second-order valence-electron chi connectivity index (χ2n) is 3.29. The SMILES string of the molecule is O=C1C[C@](O)(CO)[C@@H](O)[C@H](O)[C@H]1O. The Morgan fingerprint density at radius 3 is 2.38 bits per heavy atom. The van der Waals surface area contributed by atoms with Crippen LogP contribution in [0.4, 0.5) is 0 Å². The minimum atomic E-state index is -2.05. The van der Waals surface area contributed by atoms with Gasteiger partial charge in [0.2, 0.25) is 0 Å². The molecule has 6 heteroatoms. The lowest BCUT2D eigenvalue weighted by molar-refractivity contribution is -0.198. The maximum Gasteiger partial charge on any atom is 0.167 e. The van der Waals surface area contributed by atoms with Crippen molar-refractivity contribution in [1.82, 2.24) is 0 Å². The monoisotopic (exact) mass is 192 g/mol. The van der Waals surface area contributed by atoms with Crippen molar-refractivity contribution < 1.29 is 30.3 Å². The minimum Gasteiger partial charge on any atom is -0.393 e. The summed E-state index contributed by atoms with van der Waals surface area (Å²) >= 11 is 0. The molecular weight excluding hydrogens is 180 g/mol. The van der Waals surface area contributed by atoms with Gasteiger partial charge in [-0.15, -0.1) is 0 Å². The van der Waals surface area contributed by atoms with Crippen molar-refractivity contribution in [2.24, 2.45) is 0 Å². The number of aliphatic hydroxyl groups excluding tert-OH is 4. The molecule has 0 aromatic heterocycles.